The molecule has 108 valence electrons. The van der Waals surface area contributed by atoms with E-state index in [0.717, 1.165) is 18.3 Å². The van der Waals surface area contributed by atoms with E-state index >= 15 is 0 Å². The molecule has 0 atom stereocenters. The summed E-state index contributed by atoms with van der Waals surface area (Å²) in [6, 6.07) is 7.24. The second kappa shape index (κ2) is 6.32. The van der Waals surface area contributed by atoms with Crippen LogP contribution in [0.5, 0.6) is 5.75 Å². The first-order chi connectivity index (χ1) is 9.99. The predicted molar refractivity (Wildman–Crippen MR) is 74.5 cm³/mol. The van der Waals surface area contributed by atoms with E-state index in [4.69, 9.17) is 11.6 Å². The van der Waals surface area contributed by atoms with Gasteiger partial charge in [-0.25, -0.2) is 14.2 Å². The van der Waals surface area contributed by atoms with Crippen LogP contribution in [-0.2, 0) is 0 Å². The zero-order valence-electron chi connectivity index (χ0n) is 10.5. The molecule has 0 bridgehead atoms. The lowest BCUT2D eigenvalue weighted by Gasteiger charge is -2.03. The van der Waals surface area contributed by atoms with E-state index in [9.17, 15) is 18.7 Å². The van der Waals surface area contributed by atoms with Gasteiger partial charge in [-0.2, -0.15) is 5.10 Å². The van der Waals surface area contributed by atoms with E-state index in [1.165, 1.54) is 24.3 Å². The van der Waals surface area contributed by atoms with E-state index in [1.54, 1.807) is 0 Å². The maximum atomic E-state index is 13.3. The van der Waals surface area contributed by atoms with Gasteiger partial charge in [0.25, 0.3) is 5.91 Å². The molecule has 21 heavy (non-hydrogen) atoms. The number of carbonyl (C=O) groups is 1. The van der Waals surface area contributed by atoms with Gasteiger partial charge in [-0.15, -0.1) is 0 Å². The van der Waals surface area contributed by atoms with Gasteiger partial charge in [0.15, 0.2) is 0 Å². The van der Waals surface area contributed by atoms with E-state index in [2.05, 4.69) is 5.10 Å². The first kappa shape index (κ1) is 14.9. The third kappa shape index (κ3) is 3.55. The van der Waals surface area contributed by atoms with Crippen LogP contribution in [0.1, 0.15) is 15.9 Å². The molecular formula is C14H9ClF2N2O2. The van der Waals surface area contributed by atoms with Crippen molar-refractivity contribution in [3.63, 3.8) is 0 Å². The summed E-state index contributed by atoms with van der Waals surface area (Å²) in [4.78, 5) is 11.7. The van der Waals surface area contributed by atoms with Crippen LogP contribution in [0.25, 0.3) is 0 Å². The fourth-order valence-corrected chi connectivity index (χ4v) is 1.71. The highest BCUT2D eigenvalue weighted by molar-refractivity contribution is 6.31. The summed E-state index contributed by atoms with van der Waals surface area (Å²) in [5.74, 6) is -2.66. The minimum atomic E-state index is -0.807. The van der Waals surface area contributed by atoms with Crippen LogP contribution in [0.15, 0.2) is 41.5 Å². The average molecular weight is 311 g/mol. The Balaban J connectivity index is 2.14. The third-order valence-electron chi connectivity index (χ3n) is 2.56. The smallest absolute Gasteiger partial charge is 0.275 e. The van der Waals surface area contributed by atoms with Crippen molar-refractivity contribution in [3.8, 4) is 5.75 Å². The Morgan fingerprint density at radius 1 is 1.24 bits per heavy atom. The second-order valence-electron chi connectivity index (χ2n) is 4.00. The van der Waals surface area contributed by atoms with Gasteiger partial charge in [0.1, 0.15) is 17.4 Å². The van der Waals surface area contributed by atoms with Gasteiger partial charge in [-0.05, 0) is 30.3 Å². The molecule has 0 fully saturated rings. The lowest BCUT2D eigenvalue weighted by Crippen LogP contribution is -2.18. The molecule has 0 unspecified atom stereocenters. The maximum absolute atomic E-state index is 13.3. The number of nitrogens with one attached hydrogen (secondary N) is 1. The predicted octanol–water partition coefficient (Wildman–Crippen LogP) is 3.09. The van der Waals surface area contributed by atoms with Gasteiger partial charge in [-0.1, -0.05) is 17.7 Å². The number of phenolic OH excluding ortho intramolecular Hbond substituents is 1. The molecule has 0 saturated heterocycles. The minimum Gasteiger partial charge on any atom is -0.507 e. The number of rotatable bonds is 3. The molecule has 2 N–H and O–H groups in total. The van der Waals surface area contributed by atoms with Crippen molar-refractivity contribution in [2.45, 2.75) is 0 Å². The highest BCUT2D eigenvalue weighted by atomic mass is 35.5. The molecule has 2 aromatic rings. The van der Waals surface area contributed by atoms with Crippen molar-refractivity contribution >= 4 is 23.7 Å². The van der Waals surface area contributed by atoms with Crippen molar-refractivity contribution in [1.82, 2.24) is 5.43 Å². The van der Waals surface area contributed by atoms with Crippen LogP contribution in [0, 0.1) is 11.6 Å². The van der Waals surface area contributed by atoms with Gasteiger partial charge in [-0.3, -0.25) is 4.79 Å². The van der Waals surface area contributed by atoms with Gasteiger partial charge in [0.2, 0.25) is 0 Å². The summed E-state index contributed by atoms with van der Waals surface area (Å²) in [6.45, 7) is 0. The highest BCUT2D eigenvalue weighted by Crippen LogP contribution is 2.21. The molecule has 0 aliphatic heterocycles. The number of phenols is 1. The topological polar surface area (TPSA) is 61.7 Å². The maximum Gasteiger partial charge on any atom is 0.275 e. The summed E-state index contributed by atoms with van der Waals surface area (Å²) >= 11 is 5.70. The molecular weight excluding hydrogens is 302 g/mol. The molecule has 0 aromatic heterocycles. The summed E-state index contributed by atoms with van der Waals surface area (Å²) in [6.07, 6.45) is 0.837. The summed E-state index contributed by atoms with van der Waals surface area (Å²) in [7, 11) is 0. The molecule has 0 aliphatic rings. The summed E-state index contributed by atoms with van der Waals surface area (Å²) in [5.41, 5.74) is 1.56. The second-order valence-corrected chi connectivity index (χ2v) is 4.43. The molecule has 1 amide bonds. The summed E-state index contributed by atoms with van der Waals surface area (Å²) in [5, 5.41) is 13.2. The minimum absolute atomic E-state index is 0.103. The Labute approximate surface area is 123 Å². The van der Waals surface area contributed by atoms with Crippen LogP contribution in [0.2, 0.25) is 5.02 Å². The normalized spacial score (nSPS) is 10.8. The van der Waals surface area contributed by atoms with Crippen LogP contribution >= 0.6 is 11.6 Å². The van der Waals surface area contributed by atoms with Crippen LogP contribution in [0.3, 0.4) is 0 Å². The van der Waals surface area contributed by atoms with Gasteiger partial charge >= 0.3 is 0 Å². The standard InChI is InChI=1S/C14H9ClF2N2O2/c15-8-4-5-13(20)9(6-8)14(21)19-18-7-10-11(16)2-1-3-12(10)17/h1-7,20H,(H,19,21)/b18-7-. The Morgan fingerprint density at radius 2 is 1.90 bits per heavy atom. The van der Waals surface area contributed by atoms with E-state index in [1.807, 2.05) is 5.43 Å². The van der Waals surface area contributed by atoms with Crippen molar-refractivity contribution < 1.29 is 18.7 Å². The number of hydrazone groups is 1. The lowest BCUT2D eigenvalue weighted by molar-refractivity contribution is 0.0952. The fraction of sp³-hybridized carbons (Fsp3) is 0. The Bertz CT molecular complexity index is 700. The van der Waals surface area contributed by atoms with Crippen LogP contribution in [-0.4, -0.2) is 17.2 Å². The van der Waals surface area contributed by atoms with Crippen molar-refractivity contribution in [3.05, 3.63) is 64.2 Å². The van der Waals surface area contributed by atoms with E-state index in [0.29, 0.717) is 0 Å². The van der Waals surface area contributed by atoms with Crippen molar-refractivity contribution in [1.29, 1.82) is 0 Å². The number of carbonyl (C=O) groups excluding carboxylic acids is 1. The first-order valence-electron chi connectivity index (χ1n) is 5.75. The first-order valence-corrected chi connectivity index (χ1v) is 6.13. The van der Waals surface area contributed by atoms with Gasteiger partial charge < -0.3 is 5.11 Å². The van der Waals surface area contributed by atoms with Crippen LogP contribution < -0.4 is 5.43 Å². The van der Waals surface area contributed by atoms with E-state index in [-0.39, 0.29) is 21.9 Å². The van der Waals surface area contributed by atoms with Crippen molar-refractivity contribution in [2.24, 2.45) is 5.10 Å². The Morgan fingerprint density at radius 3 is 2.57 bits per heavy atom. The molecule has 0 aliphatic carbocycles. The summed E-state index contributed by atoms with van der Waals surface area (Å²) < 4.78 is 26.6. The molecule has 4 nitrogen and oxygen atoms in total. The van der Waals surface area contributed by atoms with E-state index < -0.39 is 17.5 Å². The fourth-order valence-electron chi connectivity index (χ4n) is 1.54. The van der Waals surface area contributed by atoms with Gasteiger partial charge in [0, 0.05) is 5.02 Å². The number of hydrogen-bond donors (Lipinski definition) is 2. The number of aromatic hydroxyl groups is 1. The Kier molecular flexibility index (Phi) is 4.49. The zero-order valence-corrected chi connectivity index (χ0v) is 11.2. The van der Waals surface area contributed by atoms with Crippen molar-refractivity contribution in [2.75, 3.05) is 0 Å². The molecule has 2 aromatic carbocycles. The third-order valence-corrected chi connectivity index (χ3v) is 2.80. The molecule has 2 rings (SSSR count). The molecule has 0 spiro atoms. The van der Waals surface area contributed by atoms with Gasteiger partial charge in [0.05, 0.1) is 17.3 Å². The quantitative estimate of drug-likeness (QED) is 0.676. The average Bonchev–Trinajstić information content (AvgIpc) is 2.44. The molecule has 0 saturated carbocycles. The number of benzene rings is 2. The largest absolute Gasteiger partial charge is 0.507 e. The van der Waals surface area contributed by atoms with Crippen LogP contribution in [0.4, 0.5) is 8.78 Å². The molecule has 0 heterocycles. The monoisotopic (exact) mass is 310 g/mol. The zero-order chi connectivity index (χ0) is 15.4. The lowest BCUT2D eigenvalue weighted by atomic mass is 10.2. The SMILES string of the molecule is O=C(N/N=C\c1c(F)cccc1F)c1cc(Cl)ccc1O. The number of nitrogens with zero attached hydrogens (tertiary/aromatic N) is 1. The number of hydrogen-bond acceptors (Lipinski definition) is 3. The highest BCUT2D eigenvalue weighted by Gasteiger charge is 2.11. The Hall–Kier alpha value is -2.47. The molecule has 7 heteroatoms. The number of amides is 1. The molecule has 0 radical (unpaired) electrons. The number of halogens is 3.